The van der Waals surface area contributed by atoms with Crippen molar-refractivity contribution in [2.24, 2.45) is 11.8 Å². The van der Waals surface area contributed by atoms with E-state index in [0.29, 0.717) is 0 Å². The third kappa shape index (κ3) is 3.46. The smallest absolute Gasteiger partial charge is 0.324 e. The van der Waals surface area contributed by atoms with Crippen molar-refractivity contribution in [3.8, 4) is 0 Å². The van der Waals surface area contributed by atoms with Gasteiger partial charge in [-0.1, -0.05) is 13.8 Å². The molecule has 0 saturated heterocycles. The molecule has 6 heteroatoms. The van der Waals surface area contributed by atoms with Crippen LogP contribution in [0.4, 0.5) is 4.39 Å². The zero-order chi connectivity index (χ0) is 15.3. The maximum absolute atomic E-state index is 13.6. The lowest BCUT2D eigenvalue weighted by Crippen LogP contribution is -2.36. The Morgan fingerprint density at radius 2 is 2.00 bits per heavy atom. The molecule has 5 nitrogen and oxygen atoms in total. The number of pyridine rings is 1. The quantitative estimate of drug-likeness (QED) is 0.451. The van der Waals surface area contributed by atoms with Crippen molar-refractivity contribution in [2.75, 3.05) is 6.61 Å². The van der Waals surface area contributed by atoms with Crippen LogP contribution in [0.1, 0.15) is 31.1 Å². The molecule has 0 aliphatic rings. The Morgan fingerprint density at radius 1 is 1.35 bits per heavy atom. The molecule has 0 radical (unpaired) electrons. The van der Waals surface area contributed by atoms with E-state index in [0.717, 1.165) is 12.3 Å². The lowest BCUT2D eigenvalue weighted by molar-refractivity contribution is -0.150. The highest BCUT2D eigenvalue weighted by Gasteiger charge is 2.38. The highest BCUT2D eigenvalue weighted by atomic mass is 19.1. The largest absolute Gasteiger partial charge is 0.465 e. The molecule has 108 valence electrons. The maximum Gasteiger partial charge on any atom is 0.324 e. The first-order chi connectivity index (χ1) is 9.40. The first kappa shape index (κ1) is 15.9. The van der Waals surface area contributed by atoms with E-state index >= 15 is 0 Å². The normalized spacial score (nSPS) is 12.1. The Hall–Kier alpha value is -2.11. The van der Waals surface area contributed by atoms with E-state index in [2.05, 4.69) is 4.98 Å². The fourth-order valence-corrected chi connectivity index (χ4v) is 1.64. The molecule has 1 heterocycles. The number of nitrogens with zero attached hydrogens (tertiary/aromatic N) is 1. The monoisotopic (exact) mass is 281 g/mol. The number of Topliss-reactive ketones (excluding diaryl/α,β-unsaturated/α-hetero) is 2. The van der Waals surface area contributed by atoms with Gasteiger partial charge in [0.05, 0.1) is 18.4 Å². The number of carbonyl (C=O) groups is 3. The molecule has 1 rings (SSSR count). The van der Waals surface area contributed by atoms with Crippen molar-refractivity contribution < 1.29 is 23.5 Å². The molecule has 0 aliphatic heterocycles. The Morgan fingerprint density at radius 3 is 2.50 bits per heavy atom. The third-order valence-electron chi connectivity index (χ3n) is 2.68. The van der Waals surface area contributed by atoms with Gasteiger partial charge in [0.1, 0.15) is 0 Å². The lowest BCUT2D eigenvalue weighted by atomic mass is 9.88. The SMILES string of the molecule is CCOC(=O)C(C(=O)c1ccncc1F)C(=O)C(C)C. The standard InChI is InChI=1S/C14H16FNO4/c1-4-20-14(19)11(12(17)8(2)3)13(18)9-5-6-16-7-10(9)15/h5-8,11H,4H2,1-3H3. The Kier molecular flexibility index (Phi) is 5.49. The molecule has 0 N–H and O–H groups in total. The number of esters is 1. The zero-order valence-electron chi connectivity index (χ0n) is 11.6. The van der Waals surface area contributed by atoms with E-state index in [-0.39, 0.29) is 12.2 Å². The second-order valence-electron chi connectivity index (χ2n) is 4.46. The van der Waals surface area contributed by atoms with Crippen LogP contribution < -0.4 is 0 Å². The Balaban J connectivity index is 3.17. The molecular formula is C14H16FNO4. The van der Waals surface area contributed by atoms with Crippen molar-refractivity contribution >= 4 is 17.5 Å². The van der Waals surface area contributed by atoms with E-state index < -0.39 is 35.2 Å². The predicted octanol–water partition coefficient (Wildman–Crippen LogP) is 1.81. The summed E-state index contributed by atoms with van der Waals surface area (Å²) in [6.07, 6.45) is 2.08. The highest BCUT2D eigenvalue weighted by molar-refractivity contribution is 6.22. The van der Waals surface area contributed by atoms with Crippen molar-refractivity contribution in [1.82, 2.24) is 4.98 Å². The minimum atomic E-state index is -1.63. The summed E-state index contributed by atoms with van der Waals surface area (Å²) in [5.41, 5.74) is -0.341. The van der Waals surface area contributed by atoms with Crippen LogP contribution in [-0.2, 0) is 14.3 Å². The van der Waals surface area contributed by atoms with Gasteiger partial charge in [-0.3, -0.25) is 19.4 Å². The third-order valence-corrected chi connectivity index (χ3v) is 2.68. The fraction of sp³-hybridized carbons (Fsp3) is 0.429. The molecular weight excluding hydrogens is 265 g/mol. The second-order valence-corrected chi connectivity index (χ2v) is 4.46. The van der Waals surface area contributed by atoms with Gasteiger partial charge in [-0.15, -0.1) is 0 Å². The number of hydrogen-bond donors (Lipinski definition) is 0. The first-order valence-electron chi connectivity index (χ1n) is 6.24. The minimum absolute atomic E-state index is 0.0345. The molecule has 0 aliphatic carbocycles. The number of rotatable bonds is 6. The van der Waals surface area contributed by atoms with Crippen molar-refractivity contribution in [2.45, 2.75) is 20.8 Å². The zero-order valence-corrected chi connectivity index (χ0v) is 11.6. The number of halogens is 1. The van der Waals surface area contributed by atoms with Gasteiger partial charge in [0.2, 0.25) is 0 Å². The number of ketones is 2. The van der Waals surface area contributed by atoms with Crippen LogP contribution in [0.3, 0.4) is 0 Å². The molecule has 1 atom stereocenters. The summed E-state index contributed by atoms with van der Waals surface area (Å²) in [7, 11) is 0. The van der Waals surface area contributed by atoms with Gasteiger partial charge in [0, 0.05) is 12.1 Å². The van der Waals surface area contributed by atoms with E-state index in [1.54, 1.807) is 20.8 Å². The van der Waals surface area contributed by atoms with Gasteiger partial charge < -0.3 is 4.74 Å². The number of ether oxygens (including phenoxy) is 1. The van der Waals surface area contributed by atoms with E-state index in [1.165, 1.54) is 6.20 Å². The van der Waals surface area contributed by atoms with Crippen LogP contribution in [0, 0.1) is 17.7 Å². The van der Waals surface area contributed by atoms with Gasteiger partial charge in [0.15, 0.2) is 23.3 Å². The summed E-state index contributed by atoms with van der Waals surface area (Å²) in [5, 5.41) is 0. The van der Waals surface area contributed by atoms with Gasteiger partial charge in [0.25, 0.3) is 0 Å². The van der Waals surface area contributed by atoms with Gasteiger partial charge in [-0.25, -0.2) is 4.39 Å². The molecule has 0 bridgehead atoms. The fourth-order valence-electron chi connectivity index (χ4n) is 1.64. The van der Waals surface area contributed by atoms with Crippen LogP contribution in [0.25, 0.3) is 0 Å². The molecule has 1 aromatic heterocycles. The number of carbonyl (C=O) groups excluding carboxylic acids is 3. The van der Waals surface area contributed by atoms with Crippen molar-refractivity contribution in [3.05, 3.63) is 29.8 Å². The first-order valence-corrected chi connectivity index (χ1v) is 6.24. The van der Waals surface area contributed by atoms with E-state index in [9.17, 15) is 18.8 Å². The average molecular weight is 281 g/mol. The van der Waals surface area contributed by atoms with Gasteiger partial charge in [-0.2, -0.15) is 0 Å². The average Bonchev–Trinajstić information content (AvgIpc) is 2.39. The molecule has 0 spiro atoms. The molecule has 0 amide bonds. The topological polar surface area (TPSA) is 73.3 Å². The number of aromatic nitrogens is 1. The van der Waals surface area contributed by atoms with Crippen molar-refractivity contribution in [3.63, 3.8) is 0 Å². The molecule has 1 unspecified atom stereocenters. The minimum Gasteiger partial charge on any atom is -0.465 e. The predicted molar refractivity (Wildman–Crippen MR) is 68.5 cm³/mol. The van der Waals surface area contributed by atoms with Gasteiger partial charge >= 0.3 is 5.97 Å². The highest BCUT2D eigenvalue weighted by Crippen LogP contribution is 2.18. The van der Waals surface area contributed by atoms with Crippen LogP contribution in [0.15, 0.2) is 18.5 Å². The lowest BCUT2D eigenvalue weighted by Gasteiger charge is -2.15. The Bertz CT molecular complexity index is 528. The Labute approximate surface area is 116 Å². The summed E-state index contributed by atoms with van der Waals surface area (Å²) in [4.78, 5) is 39.6. The van der Waals surface area contributed by atoms with Crippen LogP contribution >= 0.6 is 0 Å². The maximum atomic E-state index is 13.6. The summed E-state index contributed by atoms with van der Waals surface area (Å²) in [6.45, 7) is 4.72. The summed E-state index contributed by atoms with van der Waals surface area (Å²) in [6, 6.07) is 1.14. The number of hydrogen-bond acceptors (Lipinski definition) is 5. The molecule has 0 saturated carbocycles. The summed E-state index contributed by atoms with van der Waals surface area (Å²) in [5.74, 6) is -5.49. The molecule has 1 aromatic rings. The molecule has 20 heavy (non-hydrogen) atoms. The van der Waals surface area contributed by atoms with E-state index in [1.807, 2.05) is 0 Å². The van der Waals surface area contributed by atoms with E-state index in [4.69, 9.17) is 4.74 Å². The summed E-state index contributed by atoms with van der Waals surface area (Å²) < 4.78 is 18.3. The summed E-state index contributed by atoms with van der Waals surface area (Å²) >= 11 is 0. The van der Waals surface area contributed by atoms with Crippen LogP contribution in [-0.4, -0.2) is 29.1 Å². The van der Waals surface area contributed by atoms with Crippen LogP contribution in [0.2, 0.25) is 0 Å². The second kappa shape index (κ2) is 6.88. The molecule has 0 aromatic carbocycles. The van der Waals surface area contributed by atoms with Gasteiger partial charge in [-0.05, 0) is 13.0 Å². The molecule has 0 fully saturated rings. The van der Waals surface area contributed by atoms with Crippen LogP contribution in [0.5, 0.6) is 0 Å². The van der Waals surface area contributed by atoms with Crippen molar-refractivity contribution in [1.29, 1.82) is 0 Å².